The van der Waals surface area contributed by atoms with Crippen molar-refractivity contribution < 1.29 is 33.3 Å². The van der Waals surface area contributed by atoms with Gasteiger partial charge in [0.2, 0.25) is 0 Å². The van der Waals surface area contributed by atoms with Crippen LogP contribution in [0.25, 0.3) is 0 Å². The van der Waals surface area contributed by atoms with Gasteiger partial charge in [-0.3, -0.25) is 0 Å². The van der Waals surface area contributed by atoms with Crippen molar-refractivity contribution in [3.05, 3.63) is 82.9 Å². The predicted octanol–water partition coefficient (Wildman–Crippen LogP) is 9.61. The maximum absolute atomic E-state index is 12.8. The molecule has 216 valence electrons. The quantitative estimate of drug-likeness (QED) is 0.228. The van der Waals surface area contributed by atoms with Crippen LogP contribution in [0, 0.1) is 0 Å². The third-order valence-electron chi connectivity index (χ3n) is 5.07. The largest absolute Gasteiger partial charge is 0.456 e. The van der Waals surface area contributed by atoms with Crippen molar-refractivity contribution in [3.63, 3.8) is 0 Å². The van der Waals surface area contributed by atoms with Crippen molar-refractivity contribution in [1.82, 2.24) is 0 Å². The van der Waals surface area contributed by atoms with Crippen molar-refractivity contribution in [3.8, 4) is 23.0 Å². The zero-order valence-corrected chi connectivity index (χ0v) is 26.0. The van der Waals surface area contributed by atoms with Gasteiger partial charge >= 0.3 is 16.6 Å². The van der Waals surface area contributed by atoms with Crippen LogP contribution in [0.15, 0.2) is 60.7 Å². The Hall–Kier alpha value is -3.43. The number of carbonyl (C=O) groups is 3. The molecule has 1 spiro atoms. The first kappa shape index (κ1) is 34.6. The Balaban J connectivity index is 0.000000804. The van der Waals surface area contributed by atoms with Gasteiger partial charge in [-0.25, -0.2) is 14.4 Å². The number of benzene rings is 3. The van der Waals surface area contributed by atoms with Gasteiger partial charge in [-0.05, 0) is 30.3 Å². The Morgan fingerprint density at radius 2 is 1.15 bits per heavy atom. The van der Waals surface area contributed by atoms with E-state index in [9.17, 15) is 14.4 Å². The average Bonchev–Trinajstić information content (AvgIpc) is 3.24. The van der Waals surface area contributed by atoms with Crippen molar-refractivity contribution in [2.45, 2.75) is 67.4 Å². The summed E-state index contributed by atoms with van der Waals surface area (Å²) in [5.74, 6) is 0.531. The van der Waals surface area contributed by atoms with Crippen LogP contribution >= 0.6 is 25.3 Å². The summed E-state index contributed by atoms with van der Waals surface area (Å²) in [6.45, 7) is 16.2. The van der Waals surface area contributed by atoms with Gasteiger partial charge in [0.15, 0.2) is 5.60 Å². The van der Waals surface area contributed by atoms with Gasteiger partial charge < -0.3 is 18.9 Å². The fourth-order valence-corrected chi connectivity index (χ4v) is 4.18. The Kier molecular flexibility index (Phi) is 14.4. The molecule has 2 aliphatic rings. The minimum Gasteiger partial charge on any atom is -0.456 e. The van der Waals surface area contributed by atoms with Crippen molar-refractivity contribution in [2.24, 2.45) is 0 Å². The van der Waals surface area contributed by atoms with Crippen LogP contribution in [0.2, 0.25) is 0 Å². The molecule has 0 saturated carbocycles. The van der Waals surface area contributed by atoms with Crippen LogP contribution in [0.5, 0.6) is 23.0 Å². The van der Waals surface area contributed by atoms with Crippen LogP contribution < -0.4 is 14.2 Å². The minimum absolute atomic E-state index is 0.202. The number of hydrogen-bond donors (Lipinski definition) is 2. The first-order valence-electron chi connectivity index (χ1n) is 13.4. The number of fused-ring (bicyclic) bond motifs is 6. The highest BCUT2D eigenvalue weighted by molar-refractivity contribution is 7.96. The lowest BCUT2D eigenvalue weighted by molar-refractivity contribution is 0.0224. The van der Waals surface area contributed by atoms with E-state index in [4.69, 9.17) is 18.9 Å². The minimum atomic E-state index is -1.29. The van der Waals surface area contributed by atoms with Gasteiger partial charge in [0.05, 0.1) is 5.56 Å². The summed E-state index contributed by atoms with van der Waals surface area (Å²) < 4.78 is 22.1. The molecule has 0 amide bonds. The number of carbonyl (C=O) groups excluding carboxylic acids is 3. The molecule has 0 fully saturated rings. The lowest BCUT2D eigenvalue weighted by Gasteiger charge is -2.36. The summed E-state index contributed by atoms with van der Waals surface area (Å²) in [6.07, 6.45) is 1.25. The van der Waals surface area contributed by atoms with E-state index in [-0.39, 0.29) is 11.5 Å². The molecule has 7 nitrogen and oxygen atoms in total. The van der Waals surface area contributed by atoms with E-state index in [0.717, 1.165) is 0 Å². The Morgan fingerprint density at radius 3 is 1.57 bits per heavy atom. The molecule has 0 unspecified atom stereocenters. The van der Waals surface area contributed by atoms with E-state index in [2.05, 4.69) is 39.1 Å². The molecule has 0 bridgehead atoms. The van der Waals surface area contributed by atoms with Crippen molar-refractivity contribution in [1.29, 1.82) is 0 Å². The molecular weight excluding hydrogens is 548 g/mol. The molecule has 0 aromatic heterocycles. The molecule has 0 atom stereocenters. The molecular formula is C31H38O7S2. The third kappa shape index (κ3) is 7.40. The number of thiol groups is 2. The molecule has 5 rings (SSSR count). The molecule has 0 aliphatic carbocycles. The smallest absolute Gasteiger partial charge is 0.369 e. The van der Waals surface area contributed by atoms with Crippen molar-refractivity contribution in [2.75, 3.05) is 0 Å². The predicted molar refractivity (Wildman–Crippen MR) is 165 cm³/mol. The topological polar surface area (TPSA) is 88.1 Å². The van der Waals surface area contributed by atoms with Gasteiger partial charge in [0.1, 0.15) is 23.0 Å². The SMILES string of the molecule is CC.CC.CC.CCC.O=C(S)Oc1ccc2c(c1)Oc1cc(OC(=O)S)ccc1C21OC(=O)c2ccccc21. The molecule has 0 N–H and O–H groups in total. The maximum atomic E-state index is 12.8. The fraction of sp³-hybridized carbons (Fsp3) is 0.323. The first-order chi connectivity index (χ1) is 19.3. The average molecular weight is 587 g/mol. The summed E-state index contributed by atoms with van der Waals surface area (Å²) in [5, 5.41) is -1.57. The van der Waals surface area contributed by atoms with Crippen LogP contribution in [-0.2, 0) is 10.3 Å². The fourth-order valence-electron chi connectivity index (χ4n) is 3.97. The standard InChI is InChI=1S/C22H12O7S2.C3H8.3C2H6/c23-19-13-3-1-2-4-14(13)22(29-19)15-7-5-11(26-20(24)30)9-17(15)28-18-10-12(27-21(25)31)6-8-16(18)22;1-3-2;3*1-2/h1-10H,(H,24,30)(H,25,31);3H2,1-2H3;3*1-2H3. The number of rotatable bonds is 2. The summed E-state index contributed by atoms with van der Waals surface area (Å²) in [5.41, 5.74) is 0.887. The monoisotopic (exact) mass is 586 g/mol. The lowest BCUT2D eigenvalue weighted by Crippen LogP contribution is -2.33. The highest BCUT2D eigenvalue weighted by atomic mass is 32.1. The Bertz CT molecular complexity index is 1240. The van der Waals surface area contributed by atoms with E-state index in [0.29, 0.717) is 33.8 Å². The van der Waals surface area contributed by atoms with Gasteiger partial charge in [0, 0.05) is 28.8 Å². The van der Waals surface area contributed by atoms with Crippen LogP contribution in [0.1, 0.15) is 88.9 Å². The van der Waals surface area contributed by atoms with E-state index in [1.807, 2.05) is 53.7 Å². The normalized spacial score (nSPS) is 12.2. The Labute approximate surface area is 248 Å². The van der Waals surface area contributed by atoms with E-state index >= 15 is 0 Å². The summed E-state index contributed by atoms with van der Waals surface area (Å²) in [4.78, 5) is 35.3. The number of esters is 1. The van der Waals surface area contributed by atoms with Crippen LogP contribution in [-0.4, -0.2) is 16.6 Å². The molecule has 3 aromatic carbocycles. The maximum Gasteiger partial charge on any atom is 0.369 e. The molecule has 0 saturated heterocycles. The summed E-state index contributed by atoms with van der Waals surface area (Å²) >= 11 is 7.26. The first-order valence-corrected chi connectivity index (χ1v) is 14.3. The highest BCUT2D eigenvalue weighted by Gasteiger charge is 2.53. The Morgan fingerprint density at radius 1 is 0.725 bits per heavy atom. The van der Waals surface area contributed by atoms with Gasteiger partial charge in [0.25, 0.3) is 0 Å². The van der Waals surface area contributed by atoms with Gasteiger partial charge in [-0.1, -0.05) is 105 Å². The highest BCUT2D eigenvalue weighted by Crippen LogP contribution is 2.57. The lowest BCUT2D eigenvalue weighted by atomic mass is 9.77. The molecule has 3 aromatic rings. The second-order valence-electron chi connectivity index (χ2n) is 7.48. The summed E-state index contributed by atoms with van der Waals surface area (Å²) in [7, 11) is 0. The number of hydrogen-bond acceptors (Lipinski definition) is 7. The molecule has 40 heavy (non-hydrogen) atoms. The third-order valence-corrected chi connectivity index (χ3v) is 5.25. The second-order valence-corrected chi connectivity index (χ2v) is 8.21. The van der Waals surface area contributed by atoms with Crippen molar-refractivity contribution >= 4 is 41.8 Å². The van der Waals surface area contributed by atoms with Gasteiger partial charge in [-0.2, -0.15) is 0 Å². The number of ether oxygens (including phenoxy) is 4. The van der Waals surface area contributed by atoms with E-state index in [1.54, 1.807) is 36.4 Å². The molecule has 2 aliphatic heterocycles. The summed E-state index contributed by atoms with van der Waals surface area (Å²) in [6, 6.07) is 16.5. The molecule has 9 heteroatoms. The van der Waals surface area contributed by atoms with E-state index in [1.165, 1.54) is 18.6 Å². The van der Waals surface area contributed by atoms with Gasteiger partial charge in [-0.15, -0.1) is 0 Å². The van der Waals surface area contributed by atoms with E-state index < -0.39 is 22.2 Å². The van der Waals surface area contributed by atoms with Crippen LogP contribution in [0.4, 0.5) is 9.59 Å². The molecule has 0 radical (unpaired) electrons. The zero-order chi connectivity index (χ0) is 30.5. The second kappa shape index (κ2) is 16.6. The van der Waals surface area contributed by atoms with Crippen LogP contribution in [0.3, 0.4) is 0 Å². The molecule has 2 heterocycles. The zero-order valence-electron chi connectivity index (χ0n) is 24.2.